The third kappa shape index (κ3) is 3.65. The van der Waals surface area contributed by atoms with Gasteiger partial charge in [-0.15, -0.1) is 6.58 Å². The average molecular weight is 195 g/mol. The minimum Gasteiger partial charge on any atom is -0.100 e. The standard InChI is InChI=1S/C12H15Cl/c1-10(2)6-5-8-11-7-3-4-9-12(11)13/h3-4,7,9H,1,5-6,8H2,2H3. The first-order valence-corrected chi connectivity index (χ1v) is 4.95. The van der Waals surface area contributed by atoms with Crippen molar-refractivity contribution in [3.05, 3.63) is 47.0 Å². The number of aryl methyl sites for hydroxylation is 1. The third-order valence-electron chi connectivity index (χ3n) is 2.01. The van der Waals surface area contributed by atoms with Gasteiger partial charge in [0.1, 0.15) is 0 Å². The lowest BCUT2D eigenvalue weighted by atomic mass is 10.1. The number of hydrogen-bond acceptors (Lipinski definition) is 0. The van der Waals surface area contributed by atoms with Crippen molar-refractivity contribution >= 4 is 11.6 Å². The van der Waals surface area contributed by atoms with E-state index in [0.717, 1.165) is 24.3 Å². The van der Waals surface area contributed by atoms with Crippen molar-refractivity contribution in [1.29, 1.82) is 0 Å². The topological polar surface area (TPSA) is 0 Å². The van der Waals surface area contributed by atoms with Gasteiger partial charge < -0.3 is 0 Å². The molecule has 1 aromatic rings. The SMILES string of the molecule is C=C(C)CCCc1ccccc1Cl. The quantitative estimate of drug-likeness (QED) is 0.629. The van der Waals surface area contributed by atoms with E-state index in [1.807, 2.05) is 18.2 Å². The van der Waals surface area contributed by atoms with Crippen LogP contribution in [0, 0.1) is 0 Å². The average Bonchev–Trinajstić information content (AvgIpc) is 2.08. The van der Waals surface area contributed by atoms with Crippen LogP contribution < -0.4 is 0 Å². The lowest BCUT2D eigenvalue weighted by Crippen LogP contribution is -1.86. The van der Waals surface area contributed by atoms with Crippen LogP contribution in [0.2, 0.25) is 5.02 Å². The van der Waals surface area contributed by atoms with E-state index in [2.05, 4.69) is 19.6 Å². The van der Waals surface area contributed by atoms with E-state index in [9.17, 15) is 0 Å². The zero-order chi connectivity index (χ0) is 9.68. The van der Waals surface area contributed by atoms with Gasteiger partial charge in [-0.2, -0.15) is 0 Å². The normalized spacial score (nSPS) is 10.0. The van der Waals surface area contributed by atoms with Crippen molar-refractivity contribution in [2.24, 2.45) is 0 Å². The van der Waals surface area contributed by atoms with Crippen LogP contribution in [-0.4, -0.2) is 0 Å². The van der Waals surface area contributed by atoms with Crippen molar-refractivity contribution in [1.82, 2.24) is 0 Å². The molecule has 0 spiro atoms. The maximum Gasteiger partial charge on any atom is 0.0437 e. The van der Waals surface area contributed by atoms with E-state index >= 15 is 0 Å². The molecule has 0 N–H and O–H groups in total. The molecule has 0 amide bonds. The molecule has 13 heavy (non-hydrogen) atoms. The summed E-state index contributed by atoms with van der Waals surface area (Å²) in [5, 5.41) is 0.879. The summed E-state index contributed by atoms with van der Waals surface area (Å²) < 4.78 is 0. The molecule has 0 heterocycles. The summed E-state index contributed by atoms with van der Waals surface area (Å²) in [6.07, 6.45) is 3.27. The van der Waals surface area contributed by atoms with Gasteiger partial charge in [-0.05, 0) is 37.8 Å². The van der Waals surface area contributed by atoms with Gasteiger partial charge in [-0.1, -0.05) is 35.4 Å². The van der Waals surface area contributed by atoms with Crippen molar-refractivity contribution in [2.45, 2.75) is 26.2 Å². The Morgan fingerprint density at radius 3 is 2.69 bits per heavy atom. The molecule has 1 rings (SSSR count). The van der Waals surface area contributed by atoms with E-state index in [-0.39, 0.29) is 0 Å². The molecule has 0 unspecified atom stereocenters. The van der Waals surface area contributed by atoms with Gasteiger partial charge in [-0.25, -0.2) is 0 Å². The fourth-order valence-corrected chi connectivity index (χ4v) is 1.51. The van der Waals surface area contributed by atoms with Gasteiger partial charge >= 0.3 is 0 Å². The monoisotopic (exact) mass is 194 g/mol. The summed E-state index contributed by atoms with van der Waals surface area (Å²) >= 11 is 6.02. The van der Waals surface area contributed by atoms with Gasteiger partial charge in [0.2, 0.25) is 0 Å². The Kier molecular flexibility index (Phi) is 4.04. The summed E-state index contributed by atoms with van der Waals surface area (Å²) in [6.45, 7) is 5.94. The molecule has 0 nitrogen and oxygen atoms in total. The van der Waals surface area contributed by atoms with E-state index in [4.69, 9.17) is 11.6 Å². The first-order chi connectivity index (χ1) is 6.20. The maximum absolute atomic E-state index is 6.02. The fourth-order valence-electron chi connectivity index (χ4n) is 1.28. The van der Waals surface area contributed by atoms with Crippen LogP contribution in [0.4, 0.5) is 0 Å². The molecule has 0 saturated heterocycles. The molecule has 0 aliphatic carbocycles. The van der Waals surface area contributed by atoms with Gasteiger partial charge in [0.15, 0.2) is 0 Å². The maximum atomic E-state index is 6.02. The van der Waals surface area contributed by atoms with Crippen molar-refractivity contribution in [2.75, 3.05) is 0 Å². The van der Waals surface area contributed by atoms with Crippen LogP contribution in [0.1, 0.15) is 25.3 Å². The van der Waals surface area contributed by atoms with Crippen LogP contribution in [-0.2, 0) is 6.42 Å². The van der Waals surface area contributed by atoms with Crippen LogP contribution in [0.3, 0.4) is 0 Å². The smallest absolute Gasteiger partial charge is 0.0437 e. The molecule has 0 saturated carbocycles. The molecule has 0 fully saturated rings. The summed E-state index contributed by atoms with van der Waals surface area (Å²) in [5.41, 5.74) is 2.48. The highest BCUT2D eigenvalue weighted by atomic mass is 35.5. The van der Waals surface area contributed by atoms with Gasteiger partial charge in [0.05, 0.1) is 0 Å². The molecular formula is C12H15Cl. The highest BCUT2D eigenvalue weighted by Gasteiger charge is 1.97. The van der Waals surface area contributed by atoms with Crippen molar-refractivity contribution in [3.8, 4) is 0 Å². The molecule has 70 valence electrons. The summed E-state index contributed by atoms with van der Waals surface area (Å²) in [4.78, 5) is 0. The summed E-state index contributed by atoms with van der Waals surface area (Å²) in [7, 11) is 0. The molecule has 0 radical (unpaired) electrons. The second kappa shape index (κ2) is 5.08. The van der Waals surface area contributed by atoms with Crippen LogP contribution in [0.5, 0.6) is 0 Å². The Hall–Kier alpha value is -0.750. The van der Waals surface area contributed by atoms with Gasteiger partial charge in [-0.3, -0.25) is 0 Å². The Morgan fingerprint density at radius 1 is 1.38 bits per heavy atom. The number of benzene rings is 1. The predicted molar refractivity (Wildman–Crippen MR) is 59.2 cm³/mol. The second-order valence-electron chi connectivity index (χ2n) is 3.40. The first kappa shape index (κ1) is 10.3. The van der Waals surface area contributed by atoms with E-state index in [1.54, 1.807) is 0 Å². The minimum atomic E-state index is 0.879. The molecule has 1 aromatic carbocycles. The van der Waals surface area contributed by atoms with Crippen molar-refractivity contribution < 1.29 is 0 Å². The lowest BCUT2D eigenvalue weighted by Gasteiger charge is -2.03. The Bertz CT molecular complexity index is 289. The lowest BCUT2D eigenvalue weighted by molar-refractivity contribution is 0.814. The summed E-state index contributed by atoms with van der Waals surface area (Å²) in [6, 6.07) is 8.02. The third-order valence-corrected chi connectivity index (χ3v) is 2.38. The Morgan fingerprint density at radius 2 is 2.08 bits per heavy atom. The number of halogens is 1. The van der Waals surface area contributed by atoms with Gasteiger partial charge in [0.25, 0.3) is 0 Å². The minimum absolute atomic E-state index is 0.879. The highest BCUT2D eigenvalue weighted by Crippen LogP contribution is 2.17. The molecular weight excluding hydrogens is 180 g/mol. The first-order valence-electron chi connectivity index (χ1n) is 4.58. The zero-order valence-electron chi connectivity index (χ0n) is 8.02. The molecule has 0 aliphatic heterocycles. The molecule has 0 bridgehead atoms. The van der Waals surface area contributed by atoms with Crippen LogP contribution in [0.25, 0.3) is 0 Å². The van der Waals surface area contributed by atoms with E-state index in [0.29, 0.717) is 0 Å². The van der Waals surface area contributed by atoms with Crippen LogP contribution in [0.15, 0.2) is 36.4 Å². The van der Waals surface area contributed by atoms with E-state index in [1.165, 1.54) is 11.1 Å². The molecule has 0 aliphatic rings. The zero-order valence-corrected chi connectivity index (χ0v) is 8.77. The number of allylic oxidation sites excluding steroid dienone is 1. The largest absolute Gasteiger partial charge is 0.100 e. The fraction of sp³-hybridized carbons (Fsp3) is 0.333. The predicted octanol–water partition coefficient (Wildman–Crippen LogP) is 4.24. The molecule has 1 heteroatoms. The van der Waals surface area contributed by atoms with Gasteiger partial charge in [0, 0.05) is 5.02 Å². The van der Waals surface area contributed by atoms with E-state index < -0.39 is 0 Å². The molecule has 0 atom stereocenters. The second-order valence-corrected chi connectivity index (χ2v) is 3.81. The Labute approximate surface area is 85.2 Å². The van der Waals surface area contributed by atoms with Crippen LogP contribution >= 0.6 is 11.6 Å². The highest BCUT2D eigenvalue weighted by molar-refractivity contribution is 6.31. The Balaban J connectivity index is 2.45. The number of hydrogen-bond donors (Lipinski definition) is 0. The van der Waals surface area contributed by atoms with Crippen molar-refractivity contribution in [3.63, 3.8) is 0 Å². The number of rotatable bonds is 4. The molecule has 0 aromatic heterocycles. The summed E-state index contributed by atoms with van der Waals surface area (Å²) in [5.74, 6) is 0.